The zero-order valence-corrected chi connectivity index (χ0v) is 10.0. The molecule has 0 unspecified atom stereocenters. The molecule has 0 atom stereocenters. The Bertz CT molecular complexity index is 515. The van der Waals surface area contributed by atoms with Gasteiger partial charge in [-0.25, -0.2) is 4.79 Å². The summed E-state index contributed by atoms with van der Waals surface area (Å²) in [4.78, 5) is 11.6. The van der Waals surface area contributed by atoms with Crippen molar-refractivity contribution >= 4 is 5.97 Å². The highest BCUT2D eigenvalue weighted by Gasteiger charge is 2.09. The minimum absolute atomic E-state index is 0.277. The Morgan fingerprint density at radius 3 is 2.65 bits per heavy atom. The second-order valence-electron chi connectivity index (χ2n) is 3.81. The molecule has 1 heterocycles. The van der Waals surface area contributed by atoms with Gasteiger partial charge in [-0.3, -0.25) is 0 Å². The smallest absolute Gasteiger partial charge is 0.338 e. The molecule has 88 valence electrons. The van der Waals surface area contributed by atoms with Crippen LogP contribution in [0.3, 0.4) is 0 Å². The summed E-state index contributed by atoms with van der Waals surface area (Å²) in [6, 6.07) is 9.49. The molecule has 2 aromatic rings. The number of aromatic nitrogens is 1. The quantitative estimate of drug-likeness (QED) is 0.758. The van der Waals surface area contributed by atoms with E-state index in [1.165, 1.54) is 0 Å². The van der Waals surface area contributed by atoms with Crippen LogP contribution in [0.15, 0.2) is 42.7 Å². The summed E-state index contributed by atoms with van der Waals surface area (Å²) in [5.74, 6) is -0.277. The molecule has 17 heavy (non-hydrogen) atoms. The highest BCUT2D eigenvalue weighted by Crippen LogP contribution is 2.17. The van der Waals surface area contributed by atoms with E-state index in [9.17, 15) is 4.79 Å². The zero-order valence-electron chi connectivity index (χ0n) is 10.0. The minimum Gasteiger partial charge on any atom is -0.462 e. The third-order valence-corrected chi connectivity index (χ3v) is 2.60. The molecule has 0 aliphatic heterocycles. The average molecular weight is 229 g/mol. The lowest BCUT2D eigenvalue weighted by molar-refractivity contribution is 0.0526. The van der Waals surface area contributed by atoms with Crippen LogP contribution in [-0.4, -0.2) is 17.1 Å². The van der Waals surface area contributed by atoms with E-state index in [-0.39, 0.29) is 5.97 Å². The first-order valence-corrected chi connectivity index (χ1v) is 5.63. The molecule has 3 nitrogen and oxygen atoms in total. The molecule has 1 aromatic heterocycles. The van der Waals surface area contributed by atoms with E-state index in [0.29, 0.717) is 12.2 Å². The van der Waals surface area contributed by atoms with E-state index >= 15 is 0 Å². The number of rotatable bonds is 3. The van der Waals surface area contributed by atoms with E-state index in [2.05, 4.69) is 0 Å². The fraction of sp³-hybridized carbons (Fsp3) is 0.214. The van der Waals surface area contributed by atoms with Crippen LogP contribution in [0.1, 0.15) is 22.8 Å². The summed E-state index contributed by atoms with van der Waals surface area (Å²) >= 11 is 0. The van der Waals surface area contributed by atoms with Crippen LogP contribution < -0.4 is 0 Å². The van der Waals surface area contributed by atoms with Crippen molar-refractivity contribution in [3.63, 3.8) is 0 Å². The highest BCUT2D eigenvalue weighted by molar-refractivity contribution is 5.90. The maximum atomic E-state index is 11.6. The van der Waals surface area contributed by atoms with Crippen molar-refractivity contribution in [2.24, 2.45) is 0 Å². The van der Waals surface area contributed by atoms with E-state index in [0.717, 1.165) is 11.3 Å². The Hall–Kier alpha value is -2.03. The number of hydrogen-bond donors (Lipinski definition) is 0. The molecule has 0 aliphatic rings. The first kappa shape index (κ1) is 11.5. The fourth-order valence-electron chi connectivity index (χ4n) is 1.72. The maximum absolute atomic E-state index is 11.6. The molecule has 0 fully saturated rings. The number of nitrogens with zero attached hydrogens (tertiary/aromatic N) is 1. The lowest BCUT2D eigenvalue weighted by Crippen LogP contribution is -2.06. The van der Waals surface area contributed by atoms with Crippen LogP contribution in [0, 0.1) is 6.92 Å². The van der Waals surface area contributed by atoms with Gasteiger partial charge in [0.1, 0.15) is 0 Å². The third kappa shape index (κ3) is 2.38. The Morgan fingerprint density at radius 2 is 2.00 bits per heavy atom. The van der Waals surface area contributed by atoms with Gasteiger partial charge in [-0.1, -0.05) is 6.07 Å². The summed E-state index contributed by atoms with van der Waals surface area (Å²) in [5, 5.41) is 0. The predicted octanol–water partition coefficient (Wildman–Crippen LogP) is 2.96. The minimum atomic E-state index is -0.277. The van der Waals surface area contributed by atoms with Gasteiger partial charge in [-0.2, -0.15) is 0 Å². The van der Waals surface area contributed by atoms with Gasteiger partial charge < -0.3 is 9.30 Å². The second-order valence-corrected chi connectivity index (χ2v) is 3.81. The first-order chi connectivity index (χ1) is 8.22. The number of benzene rings is 1. The van der Waals surface area contributed by atoms with Gasteiger partial charge in [0.25, 0.3) is 0 Å². The van der Waals surface area contributed by atoms with Crippen LogP contribution >= 0.6 is 0 Å². The van der Waals surface area contributed by atoms with Crippen molar-refractivity contribution < 1.29 is 9.53 Å². The molecular formula is C14H15NO2. The van der Waals surface area contributed by atoms with E-state index in [1.807, 2.05) is 48.1 Å². The normalized spacial score (nSPS) is 10.2. The molecule has 0 aliphatic carbocycles. The Labute approximate surface area is 101 Å². The summed E-state index contributed by atoms with van der Waals surface area (Å²) in [6.45, 7) is 4.22. The average Bonchev–Trinajstić information content (AvgIpc) is 2.83. The lowest BCUT2D eigenvalue weighted by Gasteiger charge is -2.09. The number of hydrogen-bond acceptors (Lipinski definition) is 2. The Kier molecular flexibility index (Phi) is 3.28. The number of carbonyl (C=O) groups excluding carboxylic acids is 1. The van der Waals surface area contributed by atoms with Crippen molar-refractivity contribution in [2.45, 2.75) is 13.8 Å². The molecule has 0 radical (unpaired) electrons. The van der Waals surface area contributed by atoms with Crippen molar-refractivity contribution in [1.29, 1.82) is 0 Å². The molecule has 0 spiro atoms. The highest BCUT2D eigenvalue weighted by atomic mass is 16.5. The molecule has 0 saturated heterocycles. The zero-order chi connectivity index (χ0) is 12.3. The van der Waals surface area contributed by atoms with E-state index in [1.54, 1.807) is 13.0 Å². The van der Waals surface area contributed by atoms with E-state index in [4.69, 9.17) is 4.74 Å². The SMILES string of the molecule is CCOC(=O)c1ccc(C)c(-n2cccc2)c1. The van der Waals surface area contributed by atoms with Gasteiger partial charge in [0.05, 0.1) is 12.2 Å². The third-order valence-electron chi connectivity index (χ3n) is 2.60. The number of esters is 1. The fourth-order valence-corrected chi connectivity index (χ4v) is 1.72. The molecule has 0 amide bonds. The first-order valence-electron chi connectivity index (χ1n) is 5.63. The predicted molar refractivity (Wildman–Crippen MR) is 66.5 cm³/mol. The summed E-state index contributed by atoms with van der Waals surface area (Å²) in [7, 11) is 0. The standard InChI is InChI=1S/C14H15NO2/c1-3-17-14(16)12-7-6-11(2)13(10-12)15-8-4-5-9-15/h4-10H,3H2,1-2H3. The Balaban J connectivity index is 2.40. The largest absolute Gasteiger partial charge is 0.462 e. The maximum Gasteiger partial charge on any atom is 0.338 e. The number of ether oxygens (including phenoxy) is 1. The van der Waals surface area contributed by atoms with Crippen LogP contribution in [-0.2, 0) is 4.74 Å². The van der Waals surface area contributed by atoms with E-state index < -0.39 is 0 Å². The van der Waals surface area contributed by atoms with Gasteiger partial charge in [0.15, 0.2) is 0 Å². The molecule has 0 bridgehead atoms. The van der Waals surface area contributed by atoms with Gasteiger partial charge in [-0.05, 0) is 43.7 Å². The molecule has 2 rings (SSSR count). The van der Waals surface area contributed by atoms with Crippen molar-refractivity contribution in [3.8, 4) is 5.69 Å². The van der Waals surface area contributed by atoms with Gasteiger partial charge >= 0.3 is 5.97 Å². The molecular weight excluding hydrogens is 214 g/mol. The monoisotopic (exact) mass is 229 g/mol. The summed E-state index contributed by atoms with van der Waals surface area (Å²) in [5.41, 5.74) is 2.70. The molecule has 3 heteroatoms. The number of carbonyl (C=O) groups is 1. The topological polar surface area (TPSA) is 31.2 Å². The van der Waals surface area contributed by atoms with Crippen LogP contribution in [0.25, 0.3) is 5.69 Å². The van der Waals surface area contributed by atoms with Crippen molar-refractivity contribution in [3.05, 3.63) is 53.9 Å². The van der Waals surface area contributed by atoms with Crippen molar-refractivity contribution in [2.75, 3.05) is 6.61 Å². The van der Waals surface area contributed by atoms with Crippen LogP contribution in [0.4, 0.5) is 0 Å². The Morgan fingerprint density at radius 1 is 1.29 bits per heavy atom. The van der Waals surface area contributed by atoms with Gasteiger partial charge in [-0.15, -0.1) is 0 Å². The number of aryl methyl sites for hydroxylation is 1. The lowest BCUT2D eigenvalue weighted by atomic mass is 10.1. The van der Waals surface area contributed by atoms with Gasteiger partial charge in [0.2, 0.25) is 0 Å². The van der Waals surface area contributed by atoms with Crippen LogP contribution in [0.5, 0.6) is 0 Å². The summed E-state index contributed by atoms with van der Waals surface area (Å²) < 4.78 is 6.98. The van der Waals surface area contributed by atoms with Crippen LogP contribution in [0.2, 0.25) is 0 Å². The molecule has 0 saturated carbocycles. The summed E-state index contributed by atoms with van der Waals surface area (Å²) in [6.07, 6.45) is 3.91. The van der Waals surface area contributed by atoms with Gasteiger partial charge in [0, 0.05) is 18.1 Å². The van der Waals surface area contributed by atoms with Crippen molar-refractivity contribution in [1.82, 2.24) is 4.57 Å². The molecule has 0 N–H and O–H groups in total. The second kappa shape index (κ2) is 4.87. The molecule has 1 aromatic carbocycles.